The SMILES string of the molecule is COc1ccc(CC2CCCCN2C(=O)c2cc[n+](C)cc2)cc1OC1CCCC1. The van der Waals surface area contributed by atoms with E-state index in [0.29, 0.717) is 6.10 Å². The molecule has 1 aromatic carbocycles. The highest BCUT2D eigenvalue weighted by Crippen LogP contribution is 2.33. The van der Waals surface area contributed by atoms with Crippen LogP contribution in [0.15, 0.2) is 42.7 Å². The number of benzene rings is 1. The van der Waals surface area contributed by atoms with E-state index in [1.54, 1.807) is 7.11 Å². The number of piperidine rings is 1. The maximum absolute atomic E-state index is 13.2. The van der Waals surface area contributed by atoms with Crippen molar-refractivity contribution in [2.75, 3.05) is 13.7 Å². The summed E-state index contributed by atoms with van der Waals surface area (Å²) in [6.45, 7) is 0.826. The van der Waals surface area contributed by atoms with Crippen molar-refractivity contribution in [3.8, 4) is 11.5 Å². The van der Waals surface area contributed by atoms with Crippen LogP contribution in [-0.4, -0.2) is 36.6 Å². The summed E-state index contributed by atoms with van der Waals surface area (Å²) in [6, 6.07) is 10.3. The fourth-order valence-electron chi connectivity index (χ4n) is 4.69. The van der Waals surface area contributed by atoms with Gasteiger partial charge in [0.1, 0.15) is 7.05 Å². The molecule has 1 unspecified atom stereocenters. The van der Waals surface area contributed by atoms with Gasteiger partial charge in [0.05, 0.1) is 18.8 Å². The number of aryl methyl sites for hydroxylation is 1. The first kappa shape index (κ1) is 20.7. The minimum absolute atomic E-state index is 0.135. The molecule has 160 valence electrons. The van der Waals surface area contributed by atoms with Crippen molar-refractivity contribution >= 4 is 5.91 Å². The molecule has 2 aromatic rings. The maximum atomic E-state index is 13.2. The van der Waals surface area contributed by atoms with Crippen LogP contribution in [0.1, 0.15) is 60.9 Å². The second kappa shape index (κ2) is 9.50. The van der Waals surface area contributed by atoms with Crippen LogP contribution in [0.2, 0.25) is 0 Å². The van der Waals surface area contributed by atoms with Gasteiger partial charge in [-0.15, -0.1) is 0 Å². The zero-order chi connectivity index (χ0) is 20.9. The Labute approximate surface area is 179 Å². The van der Waals surface area contributed by atoms with Gasteiger partial charge in [-0.25, -0.2) is 4.57 Å². The molecule has 1 amide bonds. The normalized spacial score (nSPS) is 19.7. The minimum atomic E-state index is 0.135. The molecule has 5 heteroatoms. The molecule has 0 radical (unpaired) electrons. The standard InChI is InChI=1S/C25H33N2O3/c1-26-15-12-20(13-16-26)25(28)27-14-6-5-7-21(27)17-19-10-11-23(29-2)24(18-19)30-22-8-3-4-9-22/h10-13,15-16,18,21-22H,3-9,14,17H2,1-2H3/q+1. The molecule has 1 aromatic heterocycles. The molecule has 4 rings (SSSR count). The van der Waals surface area contributed by atoms with E-state index in [9.17, 15) is 4.79 Å². The average molecular weight is 410 g/mol. The zero-order valence-electron chi connectivity index (χ0n) is 18.2. The van der Waals surface area contributed by atoms with Gasteiger partial charge in [-0.05, 0) is 69.1 Å². The van der Waals surface area contributed by atoms with Gasteiger partial charge in [0.25, 0.3) is 5.91 Å². The van der Waals surface area contributed by atoms with E-state index in [4.69, 9.17) is 9.47 Å². The number of likely N-dealkylation sites (tertiary alicyclic amines) is 1. The second-order valence-corrected chi connectivity index (χ2v) is 8.61. The molecule has 1 saturated carbocycles. The van der Waals surface area contributed by atoms with E-state index >= 15 is 0 Å². The molecular weight excluding hydrogens is 376 g/mol. The molecule has 0 spiro atoms. The summed E-state index contributed by atoms with van der Waals surface area (Å²) < 4.78 is 13.8. The number of amides is 1. The topological polar surface area (TPSA) is 42.7 Å². The van der Waals surface area contributed by atoms with Crippen molar-refractivity contribution in [2.24, 2.45) is 7.05 Å². The lowest BCUT2D eigenvalue weighted by Crippen LogP contribution is -2.45. The zero-order valence-corrected chi connectivity index (χ0v) is 18.2. The Bertz CT molecular complexity index is 859. The minimum Gasteiger partial charge on any atom is -0.493 e. The largest absolute Gasteiger partial charge is 0.493 e. The number of rotatable bonds is 6. The van der Waals surface area contributed by atoms with Crippen LogP contribution >= 0.6 is 0 Å². The lowest BCUT2D eigenvalue weighted by atomic mass is 9.94. The lowest BCUT2D eigenvalue weighted by molar-refractivity contribution is -0.671. The van der Waals surface area contributed by atoms with Crippen LogP contribution in [0.3, 0.4) is 0 Å². The van der Waals surface area contributed by atoms with Gasteiger partial charge in [-0.1, -0.05) is 6.07 Å². The smallest absolute Gasteiger partial charge is 0.254 e. The summed E-state index contributed by atoms with van der Waals surface area (Å²) in [5, 5.41) is 0. The predicted octanol–water partition coefficient (Wildman–Crippen LogP) is 4.08. The summed E-state index contributed by atoms with van der Waals surface area (Å²) in [6.07, 6.45) is 13.0. The number of pyridine rings is 1. The molecule has 1 aliphatic heterocycles. The van der Waals surface area contributed by atoms with Crippen molar-refractivity contribution in [3.05, 3.63) is 53.9 Å². The number of ether oxygens (including phenoxy) is 2. The third kappa shape index (κ3) is 4.77. The molecule has 5 nitrogen and oxygen atoms in total. The Morgan fingerprint density at radius 2 is 1.77 bits per heavy atom. The first-order valence-corrected chi connectivity index (χ1v) is 11.2. The Morgan fingerprint density at radius 3 is 2.50 bits per heavy atom. The maximum Gasteiger partial charge on any atom is 0.254 e. The molecule has 0 N–H and O–H groups in total. The van der Waals surface area contributed by atoms with Gasteiger partial charge in [0, 0.05) is 24.7 Å². The van der Waals surface area contributed by atoms with Gasteiger partial charge in [0.2, 0.25) is 0 Å². The quantitative estimate of drug-likeness (QED) is 0.675. The molecule has 2 aliphatic rings. The Hall–Kier alpha value is -2.56. The molecule has 1 aliphatic carbocycles. The van der Waals surface area contributed by atoms with Crippen LogP contribution in [-0.2, 0) is 13.5 Å². The molecule has 2 fully saturated rings. The van der Waals surface area contributed by atoms with Crippen LogP contribution in [0, 0.1) is 0 Å². The van der Waals surface area contributed by atoms with Crippen molar-refractivity contribution in [3.63, 3.8) is 0 Å². The van der Waals surface area contributed by atoms with Crippen molar-refractivity contribution in [1.29, 1.82) is 0 Å². The van der Waals surface area contributed by atoms with Gasteiger partial charge in [-0.2, -0.15) is 0 Å². The Morgan fingerprint density at radius 1 is 1.03 bits per heavy atom. The summed E-state index contributed by atoms with van der Waals surface area (Å²) >= 11 is 0. The van der Waals surface area contributed by atoms with Crippen LogP contribution in [0.4, 0.5) is 0 Å². The molecular formula is C25H33N2O3+. The van der Waals surface area contributed by atoms with E-state index < -0.39 is 0 Å². The molecule has 1 atom stereocenters. The Kier molecular flexibility index (Phi) is 6.56. The summed E-state index contributed by atoms with van der Waals surface area (Å²) in [7, 11) is 3.66. The van der Waals surface area contributed by atoms with E-state index in [2.05, 4.69) is 17.0 Å². The monoisotopic (exact) mass is 409 g/mol. The molecule has 2 heterocycles. The number of carbonyl (C=O) groups is 1. The van der Waals surface area contributed by atoms with Gasteiger partial charge in [0.15, 0.2) is 23.9 Å². The second-order valence-electron chi connectivity index (χ2n) is 8.61. The van der Waals surface area contributed by atoms with Crippen molar-refractivity contribution in [2.45, 2.75) is 63.5 Å². The number of nitrogens with zero attached hydrogens (tertiary/aromatic N) is 2. The number of aromatic nitrogens is 1. The fraction of sp³-hybridized carbons (Fsp3) is 0.520. The van der Waals surface area contributed by atoms with Crippen LogP contribution in [0.25, 0.3) is 0 Å². The van der Waals surface area contributed by atoms with E-state index in [1.165, 1.54) is 24.8 Å². The lowest BCUT2D eigenvalue weighted by Gasteiger charge is -2.36. The molecule has 1 saturated heterocycles. The van der Waals surface area contributed by atoms with Gasteiger partial charge >= 0.3 is 0 Å². The fourth-order valence-corrected chi connectivity index (χ4v) is 4.69. The van der Waals surface area contributed by atoms with E-state index in [-0.39, 0.29) is 11.9 Å². The highest BCUT2D eigenvalue weighted by molar-refractivity contribution is 5.94. The van der Waals surface area contributed by atoms with E-state index in [1.807, 2.05) is 42.2 Å². The third-order valence-corrected chi connectivity index (χ3v) is 6.41. The average Bonchev–Trinajstić information content (AvgIpc) is 3.28. The number of hydrogen-bond donors (Lipinski definition) is 0. The summed E-state index contributed by atoms with van der Waals surface area (Å²) in [4.78, 5) is 15.3. The first-order valence-electron chi connectivity index (χ1n) is 11.2. The number of hydrogen-bond acceptors (Lipinski definition) is 3. The third-order valence-electron chi connectivity index (χ3n) is 6.41. The number of methoxy groups -OCH3 is 1. The summed E-state index contributed by atoms with van der Waals surface area (Å²) in [5.74, 6) is 1.77. The predicted molar refractivity (Wildman–Crippen MR) is 116 cm³/mol. The van der Waals surface area contributed by atoms with Crippen LogP contribution in [0.5, 0.6) is 11.5 Å². The Balaban J connectivity index is 1.50. The number of carbonyl (C=O) groups excluding carboxylic acids is 1. The van der Waals surface area contributed by atoms with E-state index in [0.717, 1.165) is 55.7 Å². The molecule has 0 bridgehead atoms. The van der Waals surface area contributed by atoms with Crippen molar-refractivity contribution < 1.29 is 18.8 Å². The van der Waals surface area contributed by atoms with Gasteiger partial charge < -0.3 is 14.4 Å². The van der Waals surface area contributed by atoms with Gasteiger partial charge in [-0.3, -0.25) is 4.79 Å². The highest BCUT2D eigenvalue weighted by atomic mass is 16.5. The molecule has 30 heavy (non-hydrogen) atoms. The summed E-state index contributed by atoms with van der Waals surface area (Å²) in [5.41, 5.74) is 1.97. The van der Waals surface area contributed by atoms with Crippen molar-refractivity contribution in [1.82, 2.24) is 4.90 Å². The van der Waals surface area contributed by atoms with Crippen LogP contribution < -0.4 is 14.0 Å². The highest BCUT2D eigenvalue weighted by Gasteiger charge is 2.28. The first-order chi connectivity index (χ1) is 14.6.